The van der Waals surface area contributed by atoms with Gasteiger partial charge in [-0.3, -0.25) is 15.6 Å². The molecule has 2 heterocycles. The highest BCUT2D eigenvalue weighted by molar-refractivity contribution is 6.01. The van der Waals surface area contributed by atoms with E-state index >= 15 is 0 Å². The van der Waals surface area contributed by atoms with Gasteiger partial charge in [0, 0.05) is 48.6 Å². The van der Waals surface area contributed by atoms with Crippen molar-refractivity contribution >= 4 is 17.3 Å². The maximum atomic E-state index is 14.6. The predicted octanol–water partition coefficient (Wildman–Crippen LogP) is 2.38. The molecule has 1 unspecified atom stereocenters. The minimum absolute atomic E-state index is 0.0546. The van der Waals surface area contributed by atoms with Gasteiger partial charge in [0.2, 0.25) is 5.91 Å². The first-order chi connectivity index (χ1) is 13.6. The van der Waals surface area contributed by atoms with Gasteiger partial charge in [0.05, 0.1) is 7.11 Å². The van der Waals surface area contributed by atoms with Crippen molar-refractivity contribution in [2.75, 3.05) is 37.0 Å². The van der Waals surface area contributed by atoms with Crippen molar-refractivity contribution in [2.45, 2.75) is 18.4 Å². The number of carbonyl (C=O) groups is 1. The lowest BCUT2D eigenvalue weighted by atomic mass is 9.98. The van der Waals surface area contributed by atoms with Crippen molar-refractivity contribution in [1.29, 1.82) is 0 Å². The topological polar surface area (TPSA) is 65.6 Å². The van der Waals surface area contributed by atoms with E-state index in [2.05, 4.69) is 16.2 Å². The van der Waals surface area contributed by atoms with E-state index < -0.39 is 17.7 Å². The third-order valence-corrected chi connectivity index (χ3v) is 5.22. The fourth-order valence-electron chi connectivity index (χ4n) is 3.77. The molecule has 28 heavy (non-hydrogen) atoms. The average Bonchev–Trinajstić information content (AvgIpc) is 3.32. The molecule has 0 saturated carbocycles. The van der Waals surface area contributed by atoms with Crippen LogP contribution in [0.15, 0.2) is 36.4 Å². The molecule has 6 nitrogen and oxygen atoms in total. The smallest absolute Gasteiger partial charge is 0.249 e. The van der Waals surface area contributed by atoms with Crippen LogP contribution in [0.2, 0.25) is 0 Å². The molecule has 1 amide bonds. The molecule has 4 rings (SSSR count). The van der Waals surface area contributed by atoms with Gasteiger partial charge in [-0.1, -0.05) is 6.07 Å². The lowest BCUT2D eigenvalue weighted by Gasteiger charge is -2.20. The Labute approximate surface area is 161 Å². The van der Waals surface area contributed by atoms with Gasteiger partial charge in [-0.15, -0.1) is 0 Å². The summed E-state index contributed by atoms with van der Waals surface area (Å²) >= 11 is 0. The number of rotatable bonds is 5. The minimum atomic E-state index is -0.623. The van der Waals surface area contributed by atoms with E-state index in [-0.39, 0.29) is 23.1 Å². The lowest BCUT2D eigenvalue weighted by molar-refractivity contribution is -0.117. The second kappa shape index (κ2) is 7.73. The third-order valence-electron chi connectivity index (χ3n) is 5.22. The Morgan fingerprint density at radius 3 is 2.54 bits per heavy atom. The molecule has 2 fully saturated rings. The van der Waals surface area contributed by atoms with Crippen molar-refractivity contribution < 1.29 is 18.3 Å². The molecule has 0 aromatic heterocycles. The Kier molecular flexibility index (Phi) is 5.15. The van der Waals surface area contributed by atoms with Crippen LogP contribution in [0, 0.1) is 11.6 Å². The van der Waals surface area contributed by atoms with Gasteiger partial charge in [0.15, 0.2) is 0 Å². The van der Waals surface area contributed by atoms with Crippen LogP contribution in [0.4, 0.5) is 20.2 Å². The highest BCUT2D eigenvalue weighted by Gasteiger charge is 2.34. The van der Waals surface area contributed by atoms with Crippen LogP contribution in [0.1, 0.15) is 17.9 Å². The van der Waals surface area contributed by atoms with E-state index in [0.29, 0.717) is 31.8 Å². The van der Waals surface area contributed by atoms with E-state index in [9.17, 15) is 13.6 Å². The summed E-state index contributed by atoms with van der Waals surface area (Å²) in [5, 5.41) is 3.18. The van der Waals surface area contributed by atoms with Crippen molar-refractivity contribution in [3.63, 3.8) is 0 Å². The van der Waals surface area contributed by atoms with E-state index in [1.165, 1.54) is 17.0 Å². The molecule has 0 spiro atoms. The van der Waals surface area contributed by atoms with Crippen LogP contribution in [0.3, 0.4) is 0 Å². The summed E-state index contributed by atoms with van der Waals surface area (Å²) in [4.78, 5) is 14.2. The summed E-state index contributed by atoms with van der Waals surface area (Å²) in [6, 6.07) is 9.33. The van der Waals surface area contributed by atoms with Crippen molar-refractivity contribution in [3.8, 4) is 5.75 Å². The quantitative estimate of drug-likeness (QED) is 0.734. The fraction of sp³-hybridized carbons (Fsp3) is 0.350. The van der Waals surface area contributed by atoms with Gasteiger partial charge < -0.3 is 15.0 Å². The first kappa shape index (κ1) is 18.6. The molecule has 2 saturated heterocycles. The highest BCUT2D eigenvalue weighted by Crippen LogP contribution is 2.31. The normalized spacial score (nSPS) is 20.0. The van der Waals surface area contributed by atoms with Gasteiger partial charge in [-0.25, -0.2) is 8.78 Å². The number of carbonyl (C=O) groups excluding carboxylic acids is 1. The minimum Gasteiger partial charge on any atom is -0.497 e. The number of halogens is 2. The average molecular weight is 388 g/mol. The number of ether oxygens (including phenoxy) is 1. The molecule has 2 aromatic carbocycles. The van der Waals surface area contributed by atoms with E-state index in [4.69, 9.17) is 4.74 Å². The summed E-state index contributed by atoms with van der Waals surface area (Å²) in [5.41, 5.74) is 6.81. The highest BCUT2D eigenvalue weighted by atomic mass is 19.1. The Bertz CT molecular complexity index is 863. The molecular formula is C20H22F2N4O2. The Morgan fingerprint density at radius 2 is 1.86 bits per heavy atom. The molecule has 1 atom stereocenters. The Balaban J connectivity index is 1.51. The number of hydrazine groups is 1. The van der Waals surface area contributed by atoms with Gasteiger partial charge in [-0.2, -0.15) is 0 Å². The SMILES string of the molecule is COc1cccc(NC2CCN(c3cc(F)c(C4CNNC4)c(F)c3)C2=O)c1. The maximum absolute atomic E-state index is 14.6. The predicted molar refractivity (Wildman–Crippen MR) is 102 cm³/mol. The summed E-state index contributed by atoms with van der Waals surface area (Å²) in [6.45, 7) is 1.32. The molecule has 0 radical (unpaired) electrons. The molecule has 3 N–H and O–H groups in total. The molecule has 0 aliphatic carbocycles. The molecule has 2 aromatic rings. The van der Waals surface area contributed by atoms with Crippen LogP contribution >= 0.6 is 0 Å². The van der Waals surface area contributed by atoms with Gasteiger partial charge >= 0.3 is 0 Å². The first-order valence-electron chi connectivity index (χ1n) is 9.23. The van der Waals surface area contributed by atoms with Crippen LogP contribution in [0.5, 0.6) is 5.75 Å². The number of nitrogens with zero attached hydrogens (tertiary/aromatic N) is 1. The molecule has 0 bridgehead atoms. The monoisotopic (exact) mass is 388 g/mol. The zero-order valence-electron chi connectivity index (χ0n) is 15.5. The van der Waals surface area contributed by atoms with Gasteiger partial charge in [0.1, 0.15) is 23.4 Å². The zero-order valence-corrected chi connectivity index (χ0v) is 15.5. The summed E-state index contributed by atoms with van der Waals surface area (Å²) in [7, 11) is 1.58. The summed E-state index contributed by atoms with van der Waals surface area (Å²) in [5.74, 6) is -1.04. The molecule has 148 valence electrons. The van der Waals surface area contributed by atoms with Crippen LogP contribution in [-0.4, -0.2) is 38.7 Å². The fourth-order valence-corrected chi connectivity index (χ4v) is 3.77. The van der Waals surface area contributed by atoms with Crippen LogP contribution in [-0.2, 0) is 4.79 Å². The second-order valence-corrected chi connectivity index (χ2v) is 6.99. The maximum Gasteiger partial charge on any atom is 0.249 e. The van der Waals surface area contributed by atoms with E-state index in [1.807, 2.05) is 18.2 Å². The number of amides is 1. The molecule has 2 aliphatic heterocycles. The number of hydrogen-bond donors (Lipinski definition) is 3. The number of methoxy groups -OCH3 is 1. The first-order valence-corrected chi connectivity index (χ1v) is 9.23. The van der Waals surface area contributed by atoms with Crippen LogP contribution in [0.25, 0.3) is 0 Å². The Hall–Kier alpha value is -2.71. The number of benzene rings is 2. The van der Waals surface area contributed by atoms with E-state index in [1.54, 1.807) is 13.2 Å². The van der Waals surface area contributed by atoms with Gasteiger partial charge in [0.25, 0.3) is 0 Å². The molecular weight excluding hydrogens is 366 g/mol. The summed E-state index contributed by atoms with van der Waals surface area (Å²) < 4.78 is 34.4. The van der Waals surface area contributed by atoms with Crippen molar-refractivity contribution in [2.24, 2.45) is 0 Å². The molecule has 8 heteroatoms. The largest absolute Gasteiger partial charge is 0.497 e. The second-order valence-electron chi connectivity index (χ2n) is 6.99. The van der Waals surface area contributed by atoms with Crippen LogP contribution < -0.4 is 25.8 Å². The number of anilines is 2. The van der Waals surface area contributed by atoms with Crippen molar-refractivity contribution in [1.82, 2.24) is 10.9 Å². The van der Waals surface area contributed by atoms with Crippen molar-refractivity contribution in [3.05, 3.63) is 53.6 Å². The summed E-state index contributed by atoms with van der Waals surface area (Å²) in [6.07, 6.45) is 0.539. The molecule has 2 aliphatic rings. The lowest BCUT2D eigenvalue weighted by Crippen LogP contribution is -2.33. The number of nitrogens with one attached hydrogen (secondary N) is 3. The Morgan fingerprint density at radius 1 is 1.14 bits per heavy atom. The number of hydrogen-bond acceptors (Lipinski definition) is 5. The van der Waals surface area contributed by atoms with E-state index in [0.717, 1.165) is 5.69 Å². The standard InChI is InChI=1S/C20H22F2N4O2/c1-28-15-4-2-3-13(7-15)25-18-5-6-26(20(18)27)14-8-16(21)19(17(22)9-14)12-10-23-24-11-12/h2-4,7-9,12,18,23-25H,5-6,10-11H2,1H3. The third kappa shape index (κ3) is 3.53. The zero-order chi connectivity index (χ0) is 19.7. The van der Waals surface area contributed by atoms with Gasteiger partial charge in [-0.05, 0) is 30.7 Å².